The first kappa shape index (κ1) is 19.2. The Morgan fingerprint density at radius 1 is 0.966 bits per heavy atom. The van der Waals surface area contributed by atoms with Crippen LogP contribution >= 0.6 is 11.8 Å². The lowest BCUT2D eigenvalue weighted by atomic mass is 10.2. The molecule has 0 aliphatic rings. The second-order valence-electron chi connectivity index (χ2n) is 6.35. The Morgan fingerprint density at radius 3 is 2.41 bits per heavy atom. The molecule has 0 N–H and O–H groups in total. The van der Waals surface area contributed by atoms with Crippen LogP contribution in [0.15, 0.2) is 64.2 Å². The van der Waals surface area contributed by atoms with E-state index >= 15 is 0 Å². The molecule has 0 amide bonds. The van der Waals surface area contributed by atoms with Gasteiger partial charge in [0.25, 0.3) is 0 Å². The number of hydrogen-bond donors (Lipinski definition) is 0. The van der Waals surface area contributed by atoms with Crippen LogP contribution in [0, 0.1) is 0 Å². The Bertz CT molecular complexity index is 1080. The van der Waals surface area contributed by atoms with Gasteiger partial charge in [0.2, 0.25) is 11.8 Å². The number of methoxy groups -OCH3 is 1. The molecule has 0 aliphatic carbocycles. The summed E-state index contributed by atoms with van der Waals surface area (Å²) in [6.07, 6.45) is 0. The fourth-order valence-electron chi connectivity index (χ4n) is 2.92. The average Bonchev–Trinajstić information content (AvgIpc) is 3.42. The van der Waals surface area contributed by atoms with Crippen molar-refractivity contribution in [2.24, 2.45) is 0 Å². The Labute approximate surface area is 173 Å². The van der Waals surface area contributed by atoms with E-state index in [2.05, 4.69) is 31.9 Å². The first-order valence-electron chi connectivity index (χ1n) is 9.32. The summed E-state index contributed by atoms with van der Waals surface area (Å²) in [6, 6.07) is 17.6. The number of thioether (sulfide) groups is 1. The number of rotatable bonds is 7. The number of nitrogens with zero attached hydrogens (tertiary/aromatic N) is 5. The Kier molecular flexibility index (Phi) is 5.62. The van der Waals surface area contributed by atoms with Gasteiger partial charge in [-0.05, 0) is 50.2 Å². The maximum atomic E-state index is 5.88. The van der Waals surface area contributed by atoms with E-state index < -0.39 is 0 Å². The third kappa shape index (κ3) is 4.02. The second kappa shape index (κ2) is 8.48. The molecule has 2 aromatic carbocycles. The lowest BCUT2D eigenvalue weighted by molar-refractivity contribution is 0.415. The number of aromatic nitrogens is 5. The van der Waals surface area contributed by atoms with Crippen molar-refractivity contribution in [3.63, 3.8) is 0 Å². The van der Waals surface area contributed by atoms with Crippen LogP contribution in [0.1, 0.15) is 25.0 Å². The molecule has 2 aromatic heterocycles. The Balaban J connectivity index is 1.55. The van der Waals surface area contributed by atoms with Crippen molar-refractivity contribution in [2.75, 3.05) is 7.11 Å². The van der Waals surface area contributed by atoms with Gasteiger partial charge >= 0.3 is 0 Å². The normalized spacial score (nSPS) is 12.1. The molecule has 148 valence electrons. The first-order valence-corrected chi connectivity index (χ1v) is 10.2. The van der Waals surface area contributed by atoms with Gasteiger partial charge in [0.05, 0.1) is 12.4 Å². The zero-order chi connectivity index (χ0) is 20.2. The summed E-state index contributed by atoms with van der Waals surface area (Å²) in [5.74, 6) is 2.71. The van der Waals surface area contributed by atoms with Gasteiger partial charge in [-0.15, -0.1) is 20.4 Å². The van der Waals surface area contributed by atoms with Crippen LogP contribution in [0.3, 0.4) is 0 Å². The molecule has 4 rings (SSSR count). The van der Waals surface area contributed by atoms with Crippen LogP contribution in [0.4, 0.5) is 0 Å². The van der Waals surface area contributed by atoms with Gasteiger partial charge in [-0.1, -0.05) is 30.0 Å². The number of ether oxygens (including phenoxy) is 1. The van der Waals surface area contributed by atoms with E-state index in [-0.39, 0.29) is 5.25 Å². The monoisotopic (exact) mass is 407 g/mol. The van der Waals surface area contributed by atoms with Gasteiger partial charge in [0.1, 0.15) is 5.75 Å². The highest BCUT2D eigenvalue weighted by atomic mass is 32.2. The van der Waals surface area contributed by atoms with E-state index in [0.717, 1.165) is 34.4 Å². The van der Waals surface area contributed by atoms with Crippen molar-refractivity contribution < 1.29 is 9.15 Å². The molecule has 4 aromatic rings. The lowest BCUT2D eigenvalue weighted by Gasteiger charge is -2.10. The van der Waals surface area contributed by atoms with E-state index in [1.165, 1.54) is 0 Å². The second-order valence-corrected chi connectivity index (χ2v) is 7.66. The van der Waals surface area contributed by atoms with Crippen LogP contribution in [0.25, 0.3) is 22.8 Å². The molecule has 0 fully saturated rings. The van der Waals surface area contributed by atoms with Crippen molar-refractivity contribution in [3.8, 4) is 28.6 Å². The molecular formula is C21H21N5O2S. The first-order chi connectivity index (χ1) is 14.2. The highest BCUT2D eigenvalue weighted by Crippen LogP contribution is 2.35. The molecule has 0 radical (unpaired) electrons. The molecule has 29 heavy (non-hydrogen) atoms. The Hall–Kier alpha value is -3.13. The van der Waals surface area contributed by atoms with E-state index in [0.29, 0.717) is 11.8 Å². The predicted molar refractivity (Wildman–Crippen MR) is 112 cm³/mol. The molecule has 0 saturated carbocycles. The molecule has 0 spiro atoms. The third-order valence-electron chi connectivity index (χ3n) is 4.47. The van der Waals surface area contributed by atoms with Gasteiger partial charge < -0.3 is 13.7 Å². The highest BCUT2D eigenvalue weighted by molar-refractivity contribution is 7.99. The van der Waals surface area contributed by atoms with Crippen LogP contribution in [0.2, 0.25) is 0 Å². The quantitative estimate of drug-likeness (QED) is 0.404. The predicted octanol–water partition coefficient (Wildman–Crippen LogP) is 4.88. The number of benzene rings is 2. The minimum atomic E-state index is -0.0572. The van der Waals surface area contributed by atoms with E-state index in [1.807, 2.05) is 61.5 Å². The molecular weight excluding hydrogens is 386 g/mol. The zero-order valence-corrected chi connectivity index (χ0v) is 17.3. The highest BCUT2D eigenvalue weighted by Gasteiger charge is 2.21. The van der Waals surface area contributed by atoms with Crippen molar-refractivity contribution in [2.45, 2.75) is 30.8 Å². The topological polar surface area (TPSA) is 78.9 Å². The maximum absolute atomic E-state index is 5.88. The fourth-order valence-corrected chi connectivity index (χ4v) is 3.86. The van der Waals surface area contributed by atoms with E-state index in [1.54, 1.807) is 18.9 Å². The summed E-state index contributed by atoms with van der Waals surface area (Å²) in [6.45, 7) is 4.85. The minimum absolute atomic E-state index is 0.0572. The lowest BCUT2D eigenvalue weighted by Crippen LogP contribution is -2.01. The van der Waals surface area contributed by atoms with Crippen LogP contribution in [0.5, 0.6) is 5.75 Å². The molecule has 1 atom stereocenters. The Morgan fingerprint density at radius 2 is 1.72 bits per heavy atom. The SMILES string of the molecule is CCn1c(S[C@@H](C)c2nnc(-c3ccccc3)o2)nnc1-c1ccc(OC)cc1. The van der Waals surface area contributed by atoms with Gasteiger partial charge in [0.15, 0.2) is 11.0 Å². The fraction of sp³-hybridized carbons (Fsp3) is 0.238. The molecule has 0 unspecified atom stereocenters. The summed E-state index contributed by atoms with van der Waals surface area (Å²) in [5, 5.41) is 17.9. The van der Waals surface area contributed by atoms with Crippen LogP contribution in [-0.4, -0.2) is 32.1 Å². The van der Waals surface area contributed by atoms with Crippen LogP contribution in [-0.2, 0) is 6.54 Å². The van der Waals surface area contributed by atoms with Crippen molar-refractivity contribution in [1.29, 1.82) is 0 Å². The average molecular weight is 407 g/mol. The van der Waals surface area contributed by atoms with Crippen molar-refractivity contribution in [1.82, 2.24) is 25.0 Å². The zero-order valence-electron chi connectivity index (χ0n) is 16.4. The van der Waals surface area contributed by atoms with E-state index in [9.17, 15) is 0 Å². The molecule has 8 heteroatoms. The summed E-state index contributed by atoms with van der Waals surface area (Å²) >= 11 is 1.55. The molecule has 0 saturated heterocycles. The minimum Gasteiger partial charge on any atom is -0.497 e. The maximum Gasteiger partial charge on any atom is 0.247 e. The summed E-state index contributed by atoms with van der Waals surface area (Å²) in [4.78, 5) is 0. The van der Waals surface area contributed by atoms with Crippen molar-refractivity contribution >= 4 is 11.8 Å². The van der Waals surface area contributed by atoms with Gasteiger partial charge in [-0.2, -0.15) is 0 Å². The summed E-state index contributed by atoms with van der Waals surface area (Å²) in [5.41, 5.74) is 1.89. The molecule has 7 nitrogen and oxygen atoms in total. The largest absolute Gasteiger partial charge is 0.497 e. The molecule has 0 bridgehead atoms. The molecule has 0 aliphatic heterocycles. The van der Waals surface area contributed by atoms with Gasteiger partial charge in [-0.3, -0.25) is 0 Å². The van der Waals surface area contributed by atoms with Gasteiger partial charge in [-0.25, -0.2) is 0 Å². The number of hydrogen-bond acceptors (Lipinski definition) is 7. The van der Waals surface area contributed by atoms with Gasteiger partial charge in [0, 0.05) is 17.7 Å². The standard InChI is InChI=1S/C21H21N5O2S/c1-4-26-18(15-10-12-17(27-3)13-11-15)22-25-21(26)29-14(2)19-23-24-20(28-19)16-8-6-5-7-9-16/h5-14H,4H2,1-3H3/t14-/m0/s1. The van der Waals surface area contributed by atoms with Crippen molar-refractivity contribution in [3.05, 3.63) is 60.5 Å². The summed E-state index contributed by atoms with van der Waals surface area (Å²) in [7, 11) is 1.65. The third-order valence-corrected chi connectivity index (χ3v) is 5.54. The van der Waals surface area contributed by atoms with E-state index in [4.69, 9.17) is 9.15 Å². The molecule has 2 heterocycles. The van der Waals surface area contributed by atoms with Crippen LogP contribution < -0.4 is 4.74 Å². The summed E-state index contributed by atoms with van der Waals surface area (Å²) < 4.78 is 13.2. The smallest absolute Gasteiger partial charge is 0.247 e.